The highest BCUT2D eigenvalue weighted by Crippen LogP contribution is 2.21. The number of nitrogens with zero attached hydrogens (tertiary/aromatic N) is 2. The number of benzene rings is 2. The van der Waals surface area contributed by atoms with Gasteiger partial charge in [-0.3, -0.25) is 9.10 Å². The van der Waals surface area contributed by atoms with Gasteiger partial charge in [-0.2, -0.15) is 5.10 Å². The maximum Gasteiger partial charge on any atom is 0.271 e. The van der Waals surface area contributed by atoms with E-state index in [9.17, 15) is 13.2 Å². The summed E-state index contributed by atoms with van der Waals surface area (Å²) in [5, 5.41) is 6.07. The number of thiophene rings is 1. The van der Waals surface area contributed by atoms with E-state index >= 15 is 0 Å². The van der Waals surface area contributed by atoms with Crippen molar-refractivity contribution in [3.8, 4) is 0 Å². The first kappa shape index (κ1) is 21.7. The van der Waals surface area contributed by atoms with Crippen LogP contribution in [0, 0.1) is 6.92 Å². The zero-order valence-electron chi connectivity index (χ0n) is 17.0. The Morgan fingerprint density at radius 3 is 2.30 bits per heavy atom. The third-order valence-electron chi connectivity index (χ3n) is 4.47. The Labute approximate surface area is 180 Å². The predicted octanol–water partition coefficient (Wildman–Crippen LogP) is 4.18. The van der Waals surface area contributed by atoms with Gasteiger partial charge in [-0.15, -0.1) is 11.3 Å². The highest BCUT2D eigenvalue weighted by Gasteiger charge is 2.18. The number of hydrogen-bond acceptors (Lipinski definition) is 5. The van der Waals surface area contributed by atoms with E-state index in [-0.39, 0.29) is 12.5 Å². The molecule has 0 aliphatic rings. The van der Waals surface area contributed by atoms with E-state index in [1.54, 1.807) is 35.6 Å². The minimum absolute atomic E-state index is 0.217. The molecule has 2 aromatic carbocycles. The fourth-order valence-corrected chi connectivity index (χ4v) is 4.34. The van der Waals surface area contributed by atoms with Crippen molar-refractivity contribution in [2.45, 2.75) is 20.4 Å². The Kier molecular flexibility index (Phi) is 6.69. The molecule has 1 heterocycles. The maximum absolute atomic E-state index is 12.4. The van der Waals surface area contributed by atoms with Gasteiger partial charge in [0.25, 0.3) is 5.91 Å². The van der Waals surface area contributed by atoms with E-state index in [1.165, 1.54) is 10.6 Å². The molecule has 0 spiro atoms. The summed E-state index contributed by atoms with van der Waals surface area (Å²) >= 11 is 1.54. The predicted molar refractivity (Wildman–Crippen MR) is 123 cm³/mol. The lowest BCUT2D eigenvalue weighted by atomic mass is 10.1. The van der Waals surface area contributed by atoms with Crippen LogP contribution in [0.3, 0.4) is 0 Å². The van der Waals surface area contributed by atoms with E-state index in [0.717, 1.165) is 21.7 Å². The molecular weight excluding hydrogens is 418 g/mol. The number of carbonyl (C=O) groups excluding carboxylic acids is 1. The summed E-state index contributed by atoms with van der Waals surface area (Å²) in [6, 6.07) is 18.0. The fraction of sp³-hybridized carbons (Fsp3) is 0.182. The largest absolute Gasteiger partial charge is 0.271 e. The molecule has 6 nitrogen and oxygen atoms in total. The first-order chi connectivity index (χ1) is 14.2. The van der Waals surface area contributed by atoms with E-state index in [4.69, 9.17) is 0 Å². The molecule has 0 saturated heterocycles. The van der Waals surface area contributed by atoms with E-state index in [0.29, 0.717) is 11.3 Å². The monoisotopic (exact) mass is 441 g/mol. The number of rotatable bonds is 7. The summed E-state index contributed by atoms with van der Waals surface area (Å²) in [7, 11) is -3.49. The van der Waals surface area contributed by atoms with Gasteiger partial charge in [0, 0.05) is 10.4 Å². The second kappa shape index (κ2) is 9.23. The van der Waals surface area contributed by atoms with Crippen LogP contribution in [0.5, 0.6) is 0 Å². The number of sulfonamides is 1. The number of hydrazone groups is 1. The topological polar surface area (TPSA) is 78.8 Å². The van der Waals surface area contributed by atoms with Crippen molar-refractivity contribution in [3.63, 3.8) is 0 Å². The van der Waals surface area contributed by atoms with Gasteiger partial charge in [0.1, 0.15) is 0 Å². The molecular formula is C22H23N3O3S2. The molecule has 3 aromatic rings. The molecule has 0 aliphatic heterocycles. The van der Waals surface area contributed by atoms with Crippen LogP contribution >= 0.6 is 11.3 Å². The Hall–Kier alpha value is -2.97. The van der Waals surface area contributed by atoms with Crippen molar-refractivity contribution >= 4 is 38.7 Å². The summed E-state index contributed by atoms with van der Waals surface area (Å²) in [6.45, 7) is 4.02. The van der Waals surface area contributed by atoms with Gasteiger partial charge in [-0.1, -0.05) is 35.9 Å². The first-order valence-electron chi connectivity index (χ1n) is 9.26. The van der Waals surface area contributed by atoms with Crippen LogP contribution < -0.4 is 9.73 Å². The van der Waals surface area contributed by atoms with Gasteiger partial charge >= 0.3 is 0 Å². The van der Waals surface area contributed by atoms with E-state index in [2.05, 4.69) is 10.5 Å². The zero-order valence-corrected chi connectivity index (χ0v) is 18.6. The van der Waals surface area contributed by atoms with Crippen molar-refractivity contribution < 1.29 is 13.2 Å². The van der Waals surface area contributed by atoms with E-state index < -0.39 is 10.0 Å². The maximum atomic E-state index is 12.4. The number of anilines is 1. The highest BCUT2D eigenvalue weighted by molar-refractivity contribution is 7.92. The van der Waals surface area contributed by atoms with Gasteiger partial charge < -0.3 is 0 Å². The molecule has 0 saturated carbocycles. The second-order valence-electron chi connectivity index (χ2n) is 6.92. The summed E-state index contributed by atoms with van der Waals surface area (Å²) in [5.41, 5.74) is 6.13. The zero-order chi connectivity index (χ0) is 21.7. The van der Waals surface area contributed by atoms with Crippen LogP contribution in [-0.4, -0.2) is 26.3 Å². The lowest BCUT2D eigenvalue weighted by Gasteiger charge is -2.22. The van der Waals surface area contributed by atoms with Crippen molar-refractivity contribution in [2.75, 3.05) is 10.6 Å². The number of carbonyl (C=O) groups is 1. The SMILES string of the molecule is C/C(=N/NC(=O)c1ccc(N(Cc2ccc(C)cc2)S(C)(=O)=O)cc1)c1cccs1. The number of hydrogen-bond donors (Lipinski definition) is 1. The summed E-state index contributed by atoms with van der Waals surface area (Å²) < 4.78 is 26.0. The van der Waals surface area contributed by atoms with Crippen molar-refractivity contribution in [1.29, 1.82) is 0 Å². The molecule has 0 fully saturated rings. The standard InChI is InChI=1S/C22H23N3O3S2/c1-16-6-8-18(9-7-16)15-25(30(3,27)28)20-12-10-19(11-13-20)22(26)24-23-17(2)21-5-4-14-29-21/h4-14H,15H2,1-3H3,(H,24,26)/b23-17-. The summed E-state index contributed by atoms with van der Waals surface area (Å²) in [5.74, 6) is -0.359. The third kappa shape index (κ3) is 5.55. The Morgan fingerprint density at radius 2 is 1.73 bits per heavy atom. The molecule has 3 rings (SSSR count). The molecule has 0 atom stereocenters. The molecule has 1 N–H and O–H groups in total. The minimum atomic E-state index is -3.49. The highest BCUT2D eigenvalue weighted by atomic mass is 32.2. The average molecular weight is 442 g/mol. The summed E-state index contributed by atoms with van der Waals surface area (Å²) in [4.78, 5) is 13.4. The number of nitrogens with one attached hydrogen (secondary N) is 1. The van der Waals surface area contributed by atoms with Gasteiger partial charge in [-0.25, -0.2) is 13.8 Å². The van der Waals surface area contributed by atoms with Gasteiger partial charge in [0.2, 0.25) is 10.0 Å². The van der Waals surface area contributed by atoms with Crippen LogP contribution in [0.4, 0.5) is 5.69 Å². The Balaban J connectivity index is 1.75. The lowest BCUT2D eigenvalue weighted by Crippen LogP contribution is -2.29. The fourth-order valence-electron chi connectivity index (χ4n) is 2.78. The normalized spacial score (nSPS) is 11.9. The quantitative estimate of drug-likeness (QED) is 0.441. The van der Waals surface area contributed by atoms with Gasteiger partial charge in [0.15, 0.2) is 0 Å². The first-order valence-corrected chi connectivity index (χ1v) is 12.0. The number of amides is 1. The van der Waals surface area contributed by atoms with E-state index in [1.807, 2.05) is 55.6 Å². The molecule has 1 amide bonds. The minimum Gasteiger partial charge on any atom is -0.267 e. The number of aryl methyl sites for hydroxylation is 1. The van der Waals surface area contributed by atoms with Crippen LogP contribution in [0.2, 0.25) is 0 Å². The molecule has 0 aliphatic carbocycles. The Morgan fingerprint density at radius 1 is 1.07 bits per heavy atom. The molecule has 8 heteroatoms. The van der Waals surface area contributed by atoms with Crippen LogP contribution in [0.1, 0.15) is 33.3 Å². The molecule has 156 valence electrons. The van der Waals surface area contributed by atoms with Crippen molar-refractivity contribution in [2.24, 2.45) is 5.10 Å². The van der Waals surface area contributed by atoms with Gasteiger partial charge in [-0.05, 0) is 55.1 Å². The van der Waals surface area contributed by atoms with Gasteiger partial charge in [0.05, 0.1) is 24.2 Å². The molecule has 0 unspecified atom stereocenters. The molecule has 30 heavy (non-hydrogen) atoms. The lowest BCUT2D eigenvalue weighted by molar-refractivity contribution is 0.0955. The van der Waals surface area contributed by atoms with Crippen molar-refractivity contribution in [3.05, 3.63) is 87.6 Å². The summed E-state index contributed by atoms with van der Waals surface area (Å²) in [6.07, 6.45) is 1.17. The smallest absolute Gasteiger partial charge is 0.267 e. The third-order valence-corrected chi connectivity index (χ3v) is 6.59. The molecule has 0 bridgehead atoms. The van der Waals surface area contributed by atoms with Crippen LogP contribution in [0.25, 0.3) is 0 Å². The van der Waals surface area contributed by atoms with Crippen molar-refractivity contribution in [1.82, 2.24) is 5.43 Å². The second-order valence-corrected chi connectivity index (χ2v) is 9.77. The van der Waals surface area contributed by atoms with Crippen LogP contribution in [-0.2, 0) is 16.6 Å². The average Bonchev–Trinajstić information content (AvgIpc) is 3.25. The molecule has 0 radical (unpaired) electrons. The Bertz CT molecular complexity index is 1140. The molecule has 1 aromatic heterocycles. The van der Waals surface area contributed by atoms with Crippen LogP contribution in [0.15, 0.2) is 71.1 Å².